The van der Waals surface area contributed by atoms with Crippen LogP contribution in [0.2, 0.25) is 0 Å². The molecule has 1 aliphatic rings. The zero-order valence-corrected chi connectivity index (χ0v) is 13.0. The lowest BCUT2D eigenvalue weighted by Crippen LogP contribution is -2.44. The predicted molar refractivity (Wildman–Crippen MR) is 84.7 cm³/mol. The van der Waals surface area contributed by atoms with Crippen molar-refractivity contribution in [2.45, 2.75) is 45.6 Å². The van der Waals surface area contributed by atoms with E-state index in [1.54, 1.807) is 17.6 Å². The number of aromatic nitrogens is 1. The number of aryl methyl sites for hydroxylation is 1. The highest BCUT2D eigenvalue weighted by Gasteiger charge is 2.21. The highest BCUT2D eigenvalue weighted by molar-refractivity contribution is 7.80. The number of hydrogen-bond acceptors (Lipinski definition) is 4. The fourth-order valence-electron chi connectivity index (χ4n) is 2.33. The Kier molecular flexibility index (Phi) is 5.27. The lowest BCUT2D eigenvalue weighted by atomic mass is 9.86. The van der Waals surface area contributed by atoms with Crippen LogP contribution in [0.3, 0.4) is 0 Å². The van der Waals surface area contributed by atoms with Gasteiger partial charge in [0.1, 0.15) is 0 Å². The molecule has 0 saturated heterocycles. The summed E-state index contributed by atoms with van der Waals surface area (Å²) in [5.41, 5.74) is 3.73. The lowest BCUT2D eigenvalue weighted by molar-refractivity contribution is 0.308. The van der Waals surface area contributed by atoms with Gasteiger partial charge in [0.05, 0.1) is 16.9 Å². The molecule has 1 aromatic heterocycles. The Hall–Kier alpha value is -1.01. The van der Waals surface area contributed by atoms with Crippen LogP contribution in [-0.4, -0.2) is 22.4 Å². The fourth-order valence-corrected chi connectivity index (χ4v) is 3.09. The molecule has 1 heterocycles. The van der Waals surface area contributed by atoms with Gasteiger partial charge >= 0.3 is 0 Å². The molecule has 0 bridgehead atoms. The minimum absolute atomic E-state index is 0.477. The van der Waals surface area contributed by atoms with Crippen LogP contribution in [-0.2, 0) is 0 Å². The molecule has 2 N–H and O–H groups in total. The second-order valence-electron chi connectivity index (χ2n) is 5.00. The number of hydrogen-bond donors (Lipinski definition) is 2. The van der Waals surface area contributed by atoms with E-state index in [0.717, 1.165) is 10.7 Å². The molecule has 4 nitrogen and oxygen atoms in total. The normalized spacial score (nSPS) is 23.5. The summed E-state index contributed by atoms with van der Waals surface area (Å²) in [6.45, 7) is 4.26. The van der Waals surface area contributed by atoms with Crippen molar-refractivity contribution < 1.29 is 0 Å². The van der Waals surface area contributed by atoms with E-state index in [4.69, 9.17) is 12.2 Å². The van der Waals surface area contributed by atoms with Crippen LogP contribution >= 0.6 is 23.6 Å². The summed E-state index contributed by atoms with van der Waals surface area (Å²) in [5, 5.41) is 11.1. The maximum Gasteiger partial charge on any atom is 0.187 e. The van der Waals surface area contributed by atoms with Crippen molar-refractivity contribution in [1.29, 1.82) is 0 Å². The first-order chi connectivity index (χ1) is 9.15. The van der Waals surface area contributed by atoms with Gasteiger partial charge in [0.2, 0.25) is 0 Å². The van der Waals surface area contributed by atoms with Crippen molar-refractivity contribution in [3.8, 4) is 0 Å². The molecule has 19 heavy (non-hydrogen) atoms. The Balaban J connectivity index is 1.76. The average Bonchev–Trinajstić information content (AvgIpc) is 2.78. The third-order valence-corrected chi connectivity index (χ3v) is 4.43. The standard InChI is InChI=1S/C13H20N4S2/c1-9-5-3-4-6-12(9)16-13(18)17-14-7-11-8-19-10(2)15-11/h7-9,12H,3-6H2,1-2H3,(H2,16,17,18)/b14-7-/t9-,12+/m1/s1. The van der Waals surface area contributed by atoms with Gasteiger partial charge in [0.15, 0.2) is 5.11 Å². The van der Waals surface area contributed by atoms with E-state index in [1.807, 2.05) is 12.3 Å². The molecule has 0 aliphatic heterocycles. The van der Waals surface area contributed by atoms with E-state index in [2.05, 4.69) is 27.8 Å². The van der Waals surface area contributed by atoms with Crippen LogP contribution in [0.15, 0.2) is 10.5 Å². The van der Waals surface area contributed by atoms with E-state index < -0.39 is 0 Å². The van der Waals surface area contributed by atoms with E-state index in [1.165, 1.54) is 25.7 Å². The van der Waals surface area contributed by atoms with E-state index >= 15 is 0 Å². The molecule has 1 aromatic rings. The monoisotopic (exact) mass is 296 g/mol. The van der Waals surface area contributed by atoms with Crippen molar-refractivity contribution in [3.63, 3.8) is 0 Å². The average molecular weight is 296 g/mol. The molecule has 104 valence electrons. The first-order valence-electron chi connectivity index (χ1n) is 6.67. The number of hydrazone groups is 1. The third-order valence-electron chi connectivity index (χ3n) is 3.43. The van der Waals surface area contributed by atoms with Gasteiger partial charge in [-0.05, 0) is 37.9 Å². The molecular formula is C13H20N4S2. The molecule has 1 fully saturated rings. The number of thiocarbonyl (C=S) groups is 1. The molecule has 0 unspecified atom stereocenters. The third kappa shape index (κ3) is 4.54. The van der Waals surface area contributed by atoms with Gasteiger partial charge in [-0.2, -0.15) is 5.10 Å². The molecule has 2 atom stereocenters. The Morgan fingerprint density at radius 3 is 3.00 bits per heavy atom. The molecule has 0 aromatic carbocycles. The smallest absolute Gasteiger partial charge is 0.187 e. The minimum atomic E-state index is 0.477. The van der Waals surface area contributed by atoms with Crippen LogP contribution in [0.4, 0.5) is 0 Å². The minimum Gasteiger partial charge on any atom is -0.358 e. The zero-order valence-electron chi connectivity index (χ0n) is 11.3. The van der Waals surface area contributed by atoms with E-state index in [-0.39, 0.29) is 0 Å². The van der Waals surface area contributed by atoms with Gasteiger partial charge in [-0.25, -0.2) is 4.98 Å². The van der Waals surface area contributed by atoms with Crippen molar-refractivity contribution >= 4 is 34.9 Å². The van der Waals surface area contributed by atoms with Crippen molar-refractivity contribution in [3.05, 3.63) is 16.1 Å². The largest absolute Gasteiger partial charge is 0.358 e. The van der Waals surface area contributed by atoms with Gasteiger partial charge < -0.3 is 5.32 Å². The second kappa shape index (κ2) is 6.96. The van der Waals surface area contributed by atoms with E-state index in [9.17, 15) is 0 Å². The molecule has 0 amide bonds. The molecule has 0 spiro atoms. The van der Waals surface area contributed by atoms with Crippen LogP contribution in [0, 0.1) is 12.8 Å². The summed E-state index contributed by atoms with van der Waals surface area (Å²) in [5.74, 6) is 0.679. The van der Waals surface area contributed by atoms with Crippen molar-refractivity contribution in [1.82, 2.24) is 15.7 Å². The lowest BCUT2D eigenvalue weighted by Gasteiger charge is -2.30. The van der Waals surface area contributed by atoms with Crippen LogP contribution in [0.5, 0.6) is 0 Å². The first-order valence-corrected chi connectivity index (χ1v) is 7.95. The maximum atomic E-state index is 5.25. The summed E-state index contributed by atoms with van der Waals surface area (Å²) in [6.07, 6.45) is 6.79. The van der Waals surface area contributed by atoms with Gasteiger partial charge in [-0.15, -0.1) is 11.3 Å². The number of thiazole rings is 1. The second-order valence-corrected chi connectivity index (χ2v) is 6.47. The Morgan fingerprint density at radius 1 is 1.53 bits per heavy atom. The Morgan fingerprint density at radius 2 is 2.32 bits per heavy atom. The van der Waals surface area contributed by atoms with Gasteiger partial charge in [-0.3, -0.25) is 5.43 Å². The zero-order chi connectivity index (χ0) is 13.7. The number of nitrogens with one attached hydrogen (secondary N) is 2. The van der Waals surface area contributed by atoms with Gasteiger partial charge in [0.25, 0.3) is 0 Å². The molecule has 1 aliphatic carbocycles. The summed E-state index contributed by atoms with van der Waals surface area (Å²) in [6, 6.07) is 0.477. The molecular weight excluding hydrogens is 276 g/mol. The van der Waals surface area contributed by atoms with Crippen molar-refractivity contribution in [2.24, 2.45) is 11.0 Å². The Bertz CT molecular complexity index is 455. The maximum absolute atomic E-state index is 5.25. The summed E-state index contributed by atoms with van der Waals surface area (Å²) in [4.78, 5) is 4.30. The number of nitrogens with zero attached hydrogens (tertiary/aromatic N) is 2. The van der Waals surface area contributed by atoms with Gasteiger partial charge in [-0.1, -0.05) is 19.8 Å². The van der Waals surface area contributed by atoms with E-state index in [0.29, 0.717) is 17.1 Å². The molecule has 6 heteroatoms. The molecule has 1 saturated carbocycles. The molecule has 2 rings (SSSR count). The van der Waals surface area contributed by atoms with Crippen LogP contribution in [0.25, 0.3) is 0 Å². The quantitative estimate of drug-likeness (QED) is 0.511. The number of rotatable bonds is 3. The van der Waals surface area contributed by atoms with Crippen LogP contribution < -0.4 is 10.7 Å². The highest BCUT2D eigenvalue weighted by atomic mass is 32.1. The topological polar surface area (TPSA) is 49.3 Å². The van der Waals surface area contributed by atoms with Crippen molar-refractivity contribution in [2.75, 3.05) is 0 Å². The summed E-state index contributed by atoms with van der Waals surface area (Å²) < 4.78 is 0. The fraction of sp³-hybridized carbons (Fsp3) is 0.615. The summed E-state index contributed by atoms with van der Waals surface area (Å²) in [7, 11) is 0. The van der Waals surface area contributed by atoms with Gasteiger partial charge in [0, 0.05) is 11.4 Å². The van der Waals surface area contributed by atoms with Crippen LogP contribution in [0.1, 0.15) is 43.3 Å². The SMILES string of the molecule is Cc1nc(/C=N\NC(=S)N[C@H]2CCCC[C@H]2C)cs1. The predicted octanol–water partition coefficient (Wildman–Crippen LogP) is 2.83. The summed E-state index contributed by atoms with van der Waals surface area (Å²) >= 11 is 6.87. The highest BCUT2D eigenvalue weighted by Crippen LogP contribution is 2.23. The molecule has 0 radical (unpaired) electrons. The first kappa shape index (κ1) is 14.4. The Labute approximate surface area is 123 Å².